The van der Waals surface area contributed by atoms with Crippen LogP contribution < -0.4 is 0 Å². The highest BCUT2D eigenvalue weighted by molar-refractivity contribution is 7.51. The Labute approximate surface area is 78.6 Å². The Kier molecular flexibility index (Phi) is 10.3. The van der Waals surface area contributed by atoms with E-state index in [0.29, 0.717) is 6.42 Å². The summed E-state index contributed by atoms with van der Waals surface area (Å²) in [5.41, 5.74) is 0. The van der Waals surface area contributed by atoms with E-state index in [1.54, 1.807) is 0 Å². The second-order valence-electron chi connectivity index (χ2n) is 2.77. The summed E-state index contributed by atoms with van der Waals surface area (Å²) in [7, 11) is -3.68. The van der Waals surface area contributed by atoms with Crippen molar-refractivity contribution in [3.63, 3.8) is 0 Å². The van der Waals surface area contributed by atoms with Gasteiger partial charge in [0.25, 0.3) is 0 Å². The van der Waals surface area contributed by atoms with E-state index in [1.807, 2.05) is 6.92 Å². The molecule has 82 valence electrons. The van der Waals surface area contributed by atoms with Crippen LogP contribution in [0.3, 0.4) is 0 Å². The van der Waals surface area contributed by atoms with Gasteiger partial charge in [-0.25, -0.2) is 0 Å². The molecule has 1 unspecified atom stereocenters. The van der Waals surface area contributed by atoms with Crippen molar-refractivity contribution in [1.29, 1.82) is 0 Å². The lowest BCUT2D eigenvalue weighted by atomic mass is 10.4. The molecule has 5 nitrogen and oxygen atoms in total. The molecule has 0 radical (unpaired) electrons. The van der Waals surface area contributed by atoms with E-state index in [1.165, 1.54) is 6.92 Å². The molecule has 6 heteroatoms. The molecule has 0 aromatic carbocycles. The van der Waals surface area contributed by atoms with Crippen LogP contribution in [-0.4, -0.2) is 38.9 Å². The first kappa shape index (κ1) is 15.5. The normalized spacial score (nSPS) is 13.1. The van der Waals surface area contributed by atoms with Crippen molar-refractivity contribution >= 4 is 7.60 Å². The van der Waals surface area contributed by atoms with Gasteiger partial charge in [-0.05, 0) is 13.3 Å². The Morgan fingerprint density at radius 2 is 1.77 bits per heavy atom. The van der Waals surface area contributed by atoms with Crippen LogP contribution in [0.2, 0.25) is 0 Å². The Hall–Kier alpha value is 0.0700. The molecule has 0 aliphatic carbocycles. The van der Waals surface area contributed by atoms with E-state index < -0.39 is 13.7 Å². The number of aliphatic hydroxyl groups is 2. The number of unbranched alkanes of at least 4 members (excludes halogenated alkanes) is 1. The van der Waals surface area contributed by atoms with Crippen LogP contribution in [-0.2, 0) is 4.57 Å². The molecule has 13 heavy (non-hydrogen) atoms. The first-order valence-corrected chi connectivity index (χ1v) is 5.96. The van der Waals surface area contributed by atoms with Crippen molar-refractivity contribution in [2.45, 2.75) is 32.8 Å². The Bertz CT molecular complexity index is 142. The minimum atomic E-state index is -3.68. The predicted octanol–water partition coefficient (Wildman–Crippen LogP) is 0.324. The van der Waals surface area contributed by atoms with Crippen molar-refractivity contribution in [2.75, 3.05) is 12.8 Å². The average Bonchev–Trinajstić information content (AvgIpc) is 2.00. The summed E-state index contributed by atoms with van der Waals surface area (Å²) in [6.45, 7) is 3.29. The van der Waals surface area contributed by atoms with Gasteiger partial charge in [-0.2, -0.15) is 0 Å². The molecule has 0 fully saturated rings. The van der Waals surface area contributed by atoms with Gasteiger partial charge >= 0.3 is 7.60 Å². The molecule has 4 N–H and O–H groups in total. The van der Waals surface area contributed by atoms with Crippen molar-refractivity contribution in [3.8, 4) is 0 Å². The molecule has 0 aromatic heterocycles. The van der Waals surface area contributed by atoms with Gasteiger partial charge in [0.2, 0.25) is 0 Å². The van der Waals surface area contributed by atoms with Gasteiger partial charge in [0.1, 0.15) is 0 Å². The third kappa shape index (κ3) is 24.5. The fraction of sp³-hybridized carbons (Fsp3) is 1.00. The summed E-state index contributed by atoms with van der Waals surface area (Å²) in [5.74, 6) is 0. The van der Waals surface area contributed by atoms with Gasteiger partial charge in [0.15, 0.2) is 0 Å². The van der Waals surface area contributed by atoms with E-state index in [9.17, 15) is 4.57 Å². The van der Waals surface area contributed by atoms with Gasteiger partial charge in [0, 0.05) is 6.16 Å². The van der Waals surface area contributed by atoms with Crippen molar-refractivity contribution in [2.24, 2.45) is 0 Å². The summed E-state index contributed by atoms with van der Waals surface area (Å²) in [5, 5.41) is 16.0. The summed E-state index contributed by atoms with van der Waals surface area (Å²) >= 11 is 0. The molecule has 0 heterocycles. The molecular weight excluding hydrogens is 195 g/mol. The molecule has 0 aliphatic heterocycles. The fourth-order valence-corrected chi connectivity index (χ4v) is 1.09. The maximum absolute atomic E-state index is 10.1. The third-order valence-corrected chi connectivity index (χ3v) is 1.97. The van der Waals surface area contributed by atoms with Crippen molar-refractivity contribution in [1.82, 2.24) is 0 Å². The van der Waals surface area contributed by atoms with E-state index in [2.05, 4.69) is 0 Å². The quantitative estimate of drug-likeness (QED) is 0.505. The first-order valence-electron chi connectivity index (χ1n) is 4.17. The second-order valence-corrected chi connectivity index (χ2v) is 4.55. The number of hydrogen-bond acceptors (Lipinski definition) is 3. The van der Waals surface area contributed by atoms with E-state index in [4.69, 9.17) is 20.0 Å². The number of rotatable bonds is 4. The molecular formula is C7H19O5P. The molecule has 0 aromatic rings. The molecule has 0 saturated carbocycles. The molecule has 0 bridgehead atoms. The minimum absolute atomic E-state index is 0.0312. The Morgan fingerprint density at radius 3 is 1.85 bits per heavy atom. The smallest absolute Gasteiger partial charge is 0.325 e. The van der Waals surface area contributed by atoms with Crippen molar-refractivity contribution < 1.29 is 24.6 Å². The molecule has 1 atom stereocenters. The zero-order valence-electron chi connectivity index (χ0n) is 8.05. The van der Waals surface area contributed by atoms with Crippen LogP contribution in [0.4, 0.5) is 0 Å². The van der Waals surface area contributed by atoms with Crippen LogP contribution in [0.25, 0.3) is 0 Å². The maximum Gasteiger partial charge on any atom is 0.325 e. The highest BCUT2D eigenvalue weighted by Crippen LogP contribution is 2.34. The van der Waals surface area contributed by atoms with Crippen LogP contribution in [0.5, 0.6) is 0 Å². The topological polar surface area (TPSA) is 98.0 Å². The molecule has 0 spiro atoms. The zero-order chi connectivity index (χ0) is 10.9. The zero-order valence-corrected chi connectivity index (χ0v) is 8.94. The maximum atomic E-state index is 10.1. The molecule has 0 amide bonds. The highest BCUT2D eigenvalue weighted by Gasteiger charge is 2.09. The van der Waals surface area contributed by atoms with E-state index in [-0.39, 0.29) is 12.8 Å². The lowest BCUT2D eigenvalue weighted by molar-refractivity contribution is 0.110. The van der Waals surface area contributed by atoms with Crippen LogP contribution in [0.1, 0.15) is 26.7 Å². The molecule has 0 saturated heterocycles. The monoisotopic (exact) mass is 214 g/mol. The summed E-state index contributed by atoms with van der Waals surface area (Å²) < 4.78 is 10.1. The first-order chi connectivity index (χ1) is 5.83. The van der Waals surface area contributed by atoms with E-state index in [0.717, 1.165) is 6.42 Å². The van der Waals surface area contributed by atoms with Crippen LogP contribution >= 0.6 is 7.60 Å². The van der Waals surface area contributed by atoms with Gasteiger partial charge in [-0.15, -0.1) is 0 Å². The highest BCUT2D eigenvalue weighted by atomic mass is 31.2. The van der Waals surface area contributed by atoms with Crippen molar-refractivity contribution in [3.05, 3.63) is 0 Å². The number of hydrogen-bond donors (Lipinski definition) is 4. The van der Waals surface area contributed by atoms with Crippen LogP contribution in [0.15, 0.2) is 0 Å². The van der Waals surface area contributed by atoms with Crippen LogP contribution in [0, 0.1) is 0 Å². The van der Waals surface area contributed by atoms with Gasteiger partial charge in [0.05, 0.1) is 12.7 Å². The fourth-order valence-electron chi connectivity index (χ4n) is 0.364. The van der Waals surface area contributed by atoms with Gasteiger partial charge in [-0.3, -0.25) is 4.57 Å². The third-order valence-electron chi connectivity index (χ3n) is 1.07. The lowest BCUT2D eigenvalue weighted by Gasteiger charge is -1.98. The van der Waals surface area contributed by atoms with E-state index >= 15 is 0 Å². The van der Waals surface area contributed by atoms with Gasteiger partial charge in [-0.1, -0.05) is 13.3 Å². The SMILES string of the molecule is CC(O)CO.CCCCP(=O)(O)O. The Balaban J connectivity index is 0. The van der Waals surface area contributed by atoms with Gasteiger partial charge < -0.3 is 20.0 Å². The number of aliphatic hydroxyl groups excluding tert-OH is 2. The second kappa shape index (κ2) is 8.66. The minimum Gasteiger partial charge on any atom is -0.394 e. The lowest BCUT2D eigenvalue weighted by Crippen LogP contribution is -2.03. The Morgan fingerprint density at radius 1 is 1.38 bits per heavy atom. The standard InChI is InChI=1S/C4H11O3P.C3H8O2/c1-2-3-4-8(5,6)7;1-3(5)2-4/h2-4H2,1H3,(H2,5,6,7);3-5H,2H2,1H3. The summed E-state index contributed by atoms with van der Waals surface area (Å²) in [6.07, 6.45) is 0.925. The predicted molar refractivity (Wildman–Crippen MR) is 50.6 cm³/mol. The average molecular weight is 214 g/mol. The molecule has 0 aliphatic rings. The molecule has 0 rings (SSSR count). The summed E-state index contributed by atoms with van der Waals surface area (Å²) in [4.78, 5) is 16.5. The summed E-state index contributed by atoms with van der Waals surface area (Å²) in [6, 6.07) is 0. The largest absolute Gasteiger partial charge is 0.394 e.